The Hall–Kier alpha value is -1.95. The first-order valence-electron chi connectivity index (χ1n) is 5.31. The van der Waals surface area contributed by atoms with Crippen molar-refractivity contribution in [3.63, 3.8) is 0 Å². The number of esters is 1. The van der Waals surface area contributed by atoms with E-state index in [-0.39, 0.29) is 5.69 Å². The minimum absolute atomic E-state index is 0.0364. The number of carbonyl (C=O) groups is 1. The molecule has 0 bridgehead atoms. The van der Waals surface area contributed by atoms with Gasteiger partial charge in [-0.2, -0.15) is 0 Å². The number of carbonyl (C=O) groups excluding carboxylic acids is 1. The second kappa shape index (κ2) is 4.92. The van der Waals surface area contributed by atoms with Gasteiger partial charge in [0.15, 0.2) is 0 Å². The number of nitrogens with zero attached hydrogens (tertiary/aromatic N) is 2. The number of ether oxygens (including phenoxy) is 1. The van der Waals surface area contributed by atoms with E-state index in [4.69, 9.17) is 4.74 Å². The molecule has 17 heavy (non-hydrogen) atoms. The number of nitro benzene ring substituents is 1. The molecule has 90 valence electrons. The van der Waals surface area contributed by atoms with Crippen LogP contribution in [0.2, 0.25) is 0 Å². The predicted molar refractivity (Wildman–Crippen MR) is 59.8 cm³/mol. The van der Waals surface area contributed by atoms with Gasteiger partial charge in [0.2, 0.25) is 0 Å². The molecule has 1 heterocycles. The Morgan fingerprint density at radius 1 is 1.35 bits per heavy atom. The second-order valence-corrected chi connectivity index (χ2v) is 3.78. The summed E-state index contributed by atoms with van der Waals surface area (Å²) >= 11 is 0. The molecule has 1 aromatic rings. The van der Waals surface area contributed by atoms with Crippen LogP contribution in [-0.4, -0.2) is 42.0 Å². The fourth-order valence-electron chi connectivity index (χ4n) is 1.36. The van der Waals surface area contributed by atoms with E-state index in [0.29, 0.717) is 12.2 Å². The zero-order valence-electron chi connectivity index (χ0n) is 9.17. The zero-order chi connectivity index (χ0) is 12.3. The van der Waals surface area contributed by atoms with Crippen LogP contribution in [0, 0.1) is 10.1 Å². The van der Waals surface area contributed by atoms with Crippen molar-refractivity contribution in [2.75, 3.05) is 26.2 Å². The van der Waals surface area contributed by atoms with Crippen LogP contribution < -0.4 is 0 Å². The van der Waals surface area contributed by atoms with Crippen LogP contribution in [0.1, 0.15) is 10.4 Å². The van der Waals surface area contributed by atoms with Crippen molar-refractivity contribution in [2.24, 2.45) is 0 Å². The number of hydrogen-bond donors (Lipinski definition) is 0. The molecule has 0 atom stereocenters. The van der Waals surface area contributed by atoms with Gasteiger partial charge in [0.1, 0.15) is 6.61 Å². The molecule has 1 aromatic carbocycles. The molecule has 1 aliphatic rings. The lowest BCUT2D eigenvalue weighted by molar-refractivity contribution is -0.384. The van der Waals surface area contributed by atoms with Gasteiger partial charge in [0.25, 0.3) is 5.69 Å². The maximum Gasteiger partial charge on any atom is 0.338 e. The lowest BCUT2D eigenvalue weighted by Gasteiger charge is -2.04. The summed E-state index contributed by atoms with van der Waals surface area (Å²) in [6.07, 6.45) is 0. The smallest absolute Gasteiger partial charge is 0.338 e. The van der Waals surface area contributed by atoms with Crippen LogP contribution in [0.25, 0.3) is 0 Å². The average Bonchev–Trinajstić information content (AvgIpc) is 3.13. The van der Waals surface area contributed by atoms with Gasteiger partial charge in [-0.25, -0.2) is 4.79 Å². The Balaban J connectivity index is 1.86. The summed E-state index contributed by atoms with van der Waals surface area (Å²) < 4.78 is 5.03. The summed E-state index contributed by atoms with van der Waals surface area (Å²) in [4.78, 5) is 23.6. The molecule has 0 saturated carbocycles. The van der Waals surface area contributed by atoms with Crippen LogP contribution in [-0.2, 0) is 4.74 Å². The number of nitro groups is 1. The van der Waals surface area contributed by atoms with E-state index in [1.54, 1.807) is 0 Å². The van der Waals surface area contributed by atoms with E-state index in [9.17, 15) is 14.9 Å². The Morgan fingerprint density at radius 2 is 2.00 bits per heavy atom. The minimum Gasteiger partial charge on any atom is -0.461 e. The highest BCUT2D eigenvalue weighted by atomic mass is 16.6. The molecule has 6 nitrogen and oxygen atoms in total. The highest BCUT2D eigenvalue weighted by Crippen LogP contribution is 2.12. The summed E-state index contributed by atoms with van der Waals surface area (Å²) in [6.45, 7) is 3.23. The Labute approximate surface area is 97.9 Å². The van der Waals surface area contributed by atoms with Crippen LogP contribution in [0.4, 0.5) is 5.69 Å². The SMILES string of the molecule is O=C(OCCN1CC1)c1ccc([N+](=O)[O-])cc1. The first kappa shape index (κ1) is 11.5. The zero-order valence-corrected chi connectivity index (χ0v) is 9.17. The molecule has 0 unspecified atom stereocenters. The van der Waals surface area contributed by atoms with Gasteiger partial charge in [0.05, 0.1) is 10.5 Å². The fraction of sp³-hybridized carbons (Fsp3) is 0.364. The molecule has 0 spiro atoms. The standard InChI is InChI=1S/C11H12N2O4/c14-11(17-8-7-12-5-6-12)9-1-3-10(4-2-9)13(15)16/h1-4H,5-8H2. The second-order valence-electron chi connectivity index (χ2n) is 3.78. The molecule has 1 saturated heterocycles. The topological polar surface area (TPSA) is 72.5 Å². The first-order chi connectivity index (χ1) is 8.16. The Morgan fingerprint density at radius 3 is 2.53 bits per heavy atom. The maximum absolute atomic E-state index is 11.5. The summed E-state index contributed by atoms with van der Waals surface area (Å²) in [5.41, 5.74) is 0.298. The summed E-state index contributed by atoms with van der Waals surface area (Å²) in [5, 5.41) is 10.4. The van der Waals surface area contributed by atoms with Gasteiger partial charge in [-0.05, 0) is 12.1 Å². The lowest BCUT2D eigenvalue weighted by atomic mass is 10.2. The van der Waals surface area contributed by atoms with E-state index in [1.165, 1.54) is 24.3 Å². The van der Waals surface area contributed by atoms with Gasteiger partial charge in [-0.1, -0.05) is 0 Å². The van der Waals surface area contributed by atoms with Gasteiger partial charge >= 0.3 is 5.97 Å². The first-order valence-corrected chi connectivity index (χ1v) is 5.31. The number of benzene rings is 1. The average molecular weight is 236 g/mol. The van der Waals surface area contributed by atoms with Crippen LogP contribution >= 0.6 is 0 Å². The van der Waals surface area contributed by atoms with E-state index in [0.717, 1.165) is 19.6 Å². The number of hydrogen-bond acceptors (Lipinski definition) is 5. The van der Waals surface area contributed by atoms with Crippen molar-refractivity contribution in [2.45, 2.75) is 0 Å². The molecular formula is C11H12N2O4. The molecule has 0 amide bonds. The quantitative estimate of drug-likeness (QED) is 0.331. The van der Waals surface area contributed by atoms with E-state index < -0.39 is 10.9 Å². The summed E-state index contributed by atoms with van der Waals surface area (Å²) in [6, 6.07) is 5.39. The fourth-order valence-corrected chi connectivity index (χ4v) is 1.36. The third kappa shape index (κ3) is 3.25. The molecule has 0 N–H and O–H groups in total. The van der Waals surface area contributed by atoms with Gasteiger partial charge < -0.3 is 4.74 Å². The largest absolute Gasteiger partial charge is 0.461 e. The minimum atomic E-state index is -0.504. The third-order valence-electron chi connectivity index (χ3n) is 2.49. The molecule has 1 aliphatic heterocycles. The van der Waals surface area contributed by atoms with Crippen LogP contribution in [0.3, 0.4) is 0 Å². The van der Waals surface area contributed by atoms with Crippen molar-refractivity contribution in [3.05, 3.63) is 39.9 Å². The van der Waals surface area contributed by atoms with Crippen LogP contribution in [0.15, 0.2) is 24.3 Å². The molecule has 0 aliphatic carbocycles. The van der Waals surface area contributed by atoms with Gasteiger partial charge in [0, 0.05) is 31.8 Å². The van der Waals surface area contributed by atoms with Crippen molar-refractivity contribution >= 4 is 11.7 Å². The van der Waals surface area contributed by atoms with E-state index in [1.807, 2.05) is 0 Å². The normalized spacial score (nSPS) is 14.4. The van der Waals surface area contributed by atoms with E-state index in [2.05, 4.69) is 4.90 Å². The van der Waals surface area contributed by atoms with Gasteiger partial charge in [-0.15, -0.1) is 0 Å². The van der Waals surface area contributed by atoms with Crippen LogP contribution in [0.5, 0.6) is 0 Å². The molecule has 1 fully saturated rings. The lowest BCUT2D eigenvalue weighted by Crippen LogP contribution is -2.13. The highest BCUT2D eigenvalue weighted by Gasteiger charge is 2.17. The Bertz CT molecular complexity index is 426. The molecular weight excluding hydrogens is 224 g/mol. The maximum atomic E-state index is 11.5. The van der Waals surface area contributed by atoms with Crippen molar-refractivity contribution in [3.8, 4) is 0 Å². The molecule has 6 heteroatoms. The van der Waals surface area contributed by atoms with E-state index >= 15 is 0 Å². The Kier molecular flexibility index (Phi) is 3.34. The van der Waals surface area contributed by atoms with Gasteiger partial charge in [-0.3, -0.25) is 15.0 Å². The van der Waals surface area contributed by atoms with Crippen molar-refractivity contribution < 1.29 is 14.5 Å². The summed E-state index contributed by atoms with van der Waals surface area (Å²) in [7, 11) is 0. The third-order valence-corrected chi connectivity index (χ3v) is 2.49. The van der Waals surface area contributed by atoms with Crippen molar-refractivity contribution in [1.29, 1.82) is 0 Å². The van der Waals surface area contributed by atoms with Crippen molar-refractivity contribution in [1.82, 2.24) is 4.90 Å². The number of non-ortho nitro benzene ring substituents is 1. The predicted octanol–water partition coefficient (Wildman–Crippen LogP) is 1.07. The molecule has 2 rings (SSSR count). The molecule has 0 aromatic heterocycles. The highest BCUT2D eigenvalue weighted by molar-refractivity contribution is 5.89. The molecule has 0 radical (unpaired) electrons. The monoisotopic (exact) mass is 236 g/mol. The number of rotatable bonds is 5. The summed E-state index contributed by atoms with van der Waals surface area (Å²) in [5.74, 6) is -0.443.